The van der Waals surface area contributed by atoms with Crippen LogP contribution in [-0.2, 0) is 6.42 Å². The molecule has 6 heteroatoms. The van der Waals surface area contributed by atoms with E-state index >= 15 is 0 Å². The van der Waals surface area contributed by atoms with Crippen LogP contribution in [0.2, 0.25) is 0 Å². The van der Waals surface area contributed by atoms with Gasteiger partial charge in [0.1, 0.15) is 16.3 Å². The van der Waals surface area contributed by atoms with Gasteiger partial charge in [-0.2, -0.15) is 0 Å². The topological polar surface area (TPSA) is 43.6 Å². The molecule has 0 fully saturated rings. The lowest BCUT2D eigenvalue weighted by atomic mass is 10.2. The lowest BCUT2D eigenvalue weighted by Crippen LogP contribution is -2.11. The molecule has 0 aliphatic heterocycles. The number of imidazole rings is 1. The van der Waals surface area contributed by atoms with E-state index in [-0.39, 0.29) is 6.04 Å². The summed E-state index contributed by atoms with van der Waals surface area (Å²) in [7, 11) is 0. The number of fused-ring (bicyclic) bond motifs is 1. The molecule has 1 unspecified atom stereocenters. The predicted octanol–water partition coefficient (Wildman–Crippen LogP) is 3.59. The average Bonchev–Trinajstić information content (AvgIpc) is 3.06. The maximum atomic E-state index is 5.92. The fourth-order valence-electron chi connectivity index (χ4n) is 2.37. The Morgan fingerprint density at radius 2 is 2.20 bits per heavy atom. The number of halogens is 1. The molecule has 0 spiro atoms. The molecule has 0 aliphatic carbocycles. The first-order valence-electron chi connectivity index (χ1n) is 6.50. The van der Waals surface area contributed by atoms with Crippen molar-refractivity contribution in [3.05, 3.63) is 40.2 Å². The maximum Gasteiger partial charge on any atom is 0.160 e. The van der Waals surface area contributed by atoms with Crippen molar-refractivity contribution in [2.45, 2.75) is 26.3 Å². The van der Waals surface area contributed by atoms with Crippen LogP contribution in [0.5, 0.6) is 0 Å². The number of thiazole rings is 1. The lowest BCUT2D eigenvalue weighted by Gasteiger charge is -2.14. The van der Waals surface area contributed by atoms with Gasteiger partial charge >= 0.3 is 0 Å². The summed E-state index contributed by atoms with van der Waals surface area (Å²) < 4.78 is 2.16. The normalized spacial score (nSPS) is 12.9. The van der Waals surface area contributed by atoms with Crippen LogP contribution in [0.15, 0.2) is 23.8 Å². The van der Waals surface area contributed by atoms with E-state index in [1.165, 1.54) is 0 Å². The van der Waals surface area contributed by atoms with Crippen molar-refractivity contribution in [2.24, 2.45) is 0 Å². The van der Waals surface area contributed by atoms with Gasteiger partial charge in [0.15, 0.2) is 5.65 Å². The summed E-state index contributed by atoms with van der Waals surface area (Å²) in [6.07, 6.45) is 4.39. The van der Waals surface area contributed by atoms with Gasteiger partial charge in [-0.05, 0) is 25.5 Å². The monoisotopic (exact) mass is 306 g/mol. The number of hydrogen-bond acceptors (Lipinski definition) is 4. The smallest absolute Gasteiger partial charge is 0.160 e. The second-order valence-corrected chi connectivity index (χ2v) is 5.99. The van der Waals surface area contributed by atoms with Crippen molar-refractivity contribution in [2.75, 3.05) is 5.88 Å². The zero-order chi connectivity index (χ0) is 14.1. The molecule has 0 bridgehead atoms. The third-order valence-electron chi connectivity index (χ3n) is 3.37. The average molecular weight is 307 g/mol. The van der Waals surface area contributed by atoms with E-state index in [1.807, 2.05) is 23.8 Å². The van der Waals surface area contributed by atoms with E-state index in [2.05, 4.69) is 28.4 Å². The second kappa shape index (κ2) is 5.50. The molecule has 0 N–H and O–H groups in total. The number of pyridine rings is 1. The first-order chi connectivity index (χ1) is 9.72. The number of rotatable bonds is 4. The summed E-state index contributed by atoms with van der Waals surface area (Å²) >= 11 is 7.57. The number of aromatic nitrogens is 4. The second-order valence-electron chi connectivity index (χ2n) is 4.68. The minimum atomic E-state index is 0.118. The van der Waals surface area contributed by atoms with Gasteiger partial charge in [0.25, 0.3) is 0 Å². The molecule has 1 atom stereocenters. The molecule has 3 rings (SSSR count). The largest absolute Gasteiger partial charge is 0.303 e. The Labute approximate surface area is 126 Å². The van der Waals surface area contributed by atoms with E-state index in [0.29, 0.717) is 5.88 Å². The maximum absolute atomic E-state index is 5.92. The number of nitrogens with zero attached hydrogens (tertiary/aromatic N) is 4. The SMILES string of the molecule is Cc1ccnc2c1nc(CCCl)n2C(C)c1nccs1. The zero-order valence-electron chi connectivity index (χ0n) is 11.4. The molecule has 0 saturated heterocycles. The zero-order valence-corrected chi connectivity index (χ0v) is 12.9. The molecule has 0 aliphatic rings. The molecule has 3 aromatic rings. The van der Waals surface area contributed by atoms with Crippen molar-refractivity contribution in [1.29, 1.82) is 0 Å². The van der Waals surface area contributed by atoms with Crippen molar-refractivity contribution in [3.63, 3.8) is 0 Å². The molecule has 20 heavy (non-hydrogen) atoms. The molecule has 3 heterocycles. The van der Waals surface area contributed by atoms with Crippen LogP contribution in [-0.4, -0.2) is 25.4 Å². The van der Waals surface area contributed by atoms with Gasteiger partial charge in [-0.1, -0.05) is 0 Å². The Morgan fingerprint density at radius 1 is 1.35 bits per heavy atom. The molecule has 0 amide bonds. The number of alkyl halides is 1. The summed E-state index contributed by atoms with van der Waals surface area (Å²) in [4.78, 5) is 13.6. The Balaban J connectivity index is 2.21. The van der Waals surface area contributed by atoms with E-state index in [0.717, 1.165) is 34.0 Å². The van der Waals surface area contributed by atoms with Crippen LogP contribution >= 0.6 is 22.9 Å². The Hall–Kier alpha value is -1.46. The molecular weight excluding hydrogens is 292 g/mol. The molecule has 0 radical (unpaired) electrons. The fraction of sp³-hybridized carbons (Fsp3) is 0.357. The standard InChI is InChI=1S/C14H15ClN4S/c1-9-4-6-16-13-12(9)18-11(3-5-15)19(13)10(2)14-17-7-8-20-14/h4,6-8,10H,3,5H2,1-2H3. The highest BCUT2D eigenvalue weighted by Gasteiger charge is 2.20. The van der Waals surface area contributed by atoms with Crippen LogP contribution in [0.3, 0.4) is 0 Å². The van der Waals surface area contributed by atoms with E-state index in [1.54, 1.807) is 11.3 Å². The van der Waals surface area contributed by atoms with Crippen molar-refractivity contribution in [1.82, 2.24) is 19.5 Å². The summed E-state index contributed by atoms with van der Waals surface area (Å²) in [6, 6.07) is 2.10. The van der Waals surface area contributed by atoms with Crippen LogP contribution < -0.4 is 0 Å². The van der Waals surface area contributed by atoms with Gasteiger partial charge in [-0.25, -0.2) is 15.0 Å². The van der Waals surface area contributed by atoms with Gasteiger partial charge in [-0.15, -0.1) is 22.9 Å². The van der Waals surface area contributed by atoms with Gasteiger partial charge < -0.3 is 4.57 Å². The fourth-order valence-corrected chi connectivity index (χ4v) is 3.23. The highest BCUT2D eigenvalue weighted by Crippen LogP contribution is 2.27. The van der Waals surface area contributed by atoms with Gasteiger partial charge in [-0.3, -0.25) is 0 Å². The van der Waals surface area contributed by atoms with Gasteiger partial charge in [0.2, 0.25) is 0 Å². The van der Waals surface area contributed by atoms with Crippen LogP contribution in [0, 0.1) is 6.92 Å². The quantitative estimate of drug-likeness (QED) is 0.692. The molecular formula is C14H15ClN4S. The van der Waals surface area contributed by atoms with E-state index in [4.69, 9.17) is 16.6 Å². The Bertz CT molecular complexity index is 720. The van der Waals surface area contributed by atoms with Crippen molar-refractivity contribution >= 4 is 34.1 Å². The highest BCUT2D eigenvalue weighted by atomic mass is 35.5. The third-order valence-corrected chi connectivity index (χ3v) is 4.50. The lowest BCUT2D eigenvalue weighted by molar-refractivity contribution is 0.615. The van der Waals surface area contributed by atoms with Crippen LogP contribution in [0.25, 0.3) is 11.2 Å². The van der Waals surface area contributed by atoms with E-state index < -0.39 is 0 Å². The summed E-state index contributed by atoms with van der Waals surface area (Å²) in [5.41, 5.74) is 3.00. The molecule has 0 aromatic carbocycles. The van der Waals surface area contributed by atoms with Crippen molar-refractivity contribution < 1.29 is 0 Å². The first-order valence-corrected chi connectivity index (χ1v) is 7.91. The van der Waals surface area contributed by atoms with E-state index in [9.17, 15) is 0 Å². The van der Waals surface area contributed by atoms with Crippen LogP contribution in [0.1, 0.15) is 29.4 Å². The Kier molecular flexibility index (Phi) is 3.72. The van der Waals surface area contributed by atoms with Crippen molar-refractivity contribution in [3.8, 4) is 0 Å². The molecule has 4 nitrogen and oxygen atoms in total. The first kappa shape index (κ1) is 13.5. The highest BCUT2D eigenvalue weighted by molar-refractivity contribution is 7.09. The predicted molar refractivity (Wildman–Crippen MR) is 82.6 cm³/mol. The Morgan fingerprint density at radius 3 is 2.90 bits per heavy atom. The summed E-state index contributed by atoms with van der Waals surface area (Å²) in [5.74, 6) is 1.52. The molecule has 104 valence electrons. The van der Waals surface area contributed by atoms with Gasteiger partial charge in [0, 0.05) is 30.1 Å². The van der Waals surface area contributed by atoms with Crippen LogP contribution in [0.4, 0.5) is 0 Å². The molecule has 3 aromatic heterocycles. The number of hydrogen-bond donors (Lipinski definition) is 0. The summed E-state index contributed by atoms with van der Waals surface area (Å²) in [6.45, 7) is 4.18. The van der Waals surface area contributed by atoms with Gasteiger partial charge in [0.05, 0.1) is 6.04 Å². The molecule has 0 saturated carbocycles. The minimum Gasteiger partial charge on any atom is -0.303 e. The summed E-state index contributed by atoms with van der Waals surface area (Å²) in [5, 5.41) is 3.05. The number of aryl methyl sites for hydroxylation is 2. The third kappa shape index (κ3) is 2.21. The minimum absolute atomic E-state index is 0.118.